The predicted octanol–water partition coefficient (Wildman–Crippen LogP) is 6.51. The van der Waals surface area contributed by atoms with E-state index in [0.717, 1.165) is 45.5 Å². The van der Waals surface area contributed by atoms with Crippen molar-refractivity contribution in [2.75, 3.05) is 47.8 Å². The molecule has 0 rings (SSSR count). The van der Waals surface area contributed by atoms with Crippen LogP contribution >= 0.6 is 0 Å². The molecule has 0 fully saturated rings. The summed E-state index contributed by atoms with van der Waals surface area (Å²) in [6.07, 6.45) is 8.26. The Balaban J connectivity index is -0.0000000863. The van der Waals surface area contributed by atoms with E-state index in [2.05, 4.69) is 48.5 Å². The third kappa shape index (κ3) is 84.5. The van der Waals surface area contributed by atoms with Gasteiger partial charge in [-0.25, -0.2) is 0 Å². The zero-order chi connectivity index (χ0) is 23.8. The SMILES string of the molecule is CCC.CCC(C)OC.CCCCOC.CCCCOCC(C)O.CCCOC. The van der Waals surface area contributed by atoms with Crippen molar-refractivity contribution in [3.05, 3.63) is 0 Å². The average Bonchev–Trinajstić information content (AvgIpc) is 2.71. The van der Waals surface area contributed by atoms with E-state index < -0.39 is 0 Å². The lowest BCUT2D eigenvalue weighted by atomic mass is 10.3. The normalized spacial score (nSPS) is 11.2. The number of unbranched alkanes of at least 4 members (excludes halogenated alkanes) is 2. The molecule has 5 nitrogen and oxygen atoms in total. The number of hydrogen-bond donors (Lipinski definition) is 1. The Bertz CT molecular complexity index is 192. The van der Waals surface area contributed by atoms with Crippen LogP contribution in [-0.2, 0) is 18.9 Å². The van der Waals surface area contributed by atoms with E-state index in [-0.39, 0.29) is 6.10 Å². The van der Waals surface area contributed by atoms with Gasteiger partial charge in [0.1, 0.15) is 0 Å². The van der Waals surface area contributed by atoms with E-state index in [1.807, 2.05) is 0 Å². The quantitative estimate of drug-likeness (QED) is 0.361. The molecular formula is C24H58O5. The Morgan fingerprint density at radius 3 is 1.31 bits per heavy atom. The topological polar surface area (TPSA) is 57.2 Å². The first-order valence-corrected chi connectivity index (χ1v) is 11.6. The minimum atomic E-state index is -0.318. The molecule has 0 saturated carbocycles. The summed E-state index contributed by atoms with van der Waals surface area (Å²) in [5.74, 6) is 0. The second-order valence-electron chi connectivity index (χ2n) is 6.78. The van der Waals surface area contributed by atoms with Crippen LogP contribution in [-0.4, -0.2) is 65.1 Å². The van der Waals surface area contributed by atoms with Gasteiger partial charge in [0.15, 0.2) is 0 Å². The van der Waals surface area contributed by atoms with Gasteiger partial charge in [0.05, 0.1) is 18.8 Å². The van der Waals surface area contributed by atoms with Crippen molar-refractivity contribution in [1.82, 2.24) is 0 Å². The molecule has 2 unspecified atom stereocenters. The third-order valence-electron chi connectivity index (χ3n) is 3.09. The predicted molar refractivity (Wildman–Crippen MR) is 129 cm³/mol. The second kappa shape index (κ2) is 46.2. The van der Waals surface area contributed by atoms with Gasteiger partial charge in [-0.05, 0) is 39.5 Å². The first-order chi connectivity index (χ1) is 13.8. The fourth-order valence-corrected chi connectivity index (χ4v) is 1.16. The minimum Gasteiger partial charge on any atom is -0.391 e. The fourth-order valence-electron chi connectivity index (χ4n) is 1.16. The molecule has 0 bridgehead atoms. The monoisotopic (exact) mass is 426 g/mol. The summed E-state index contributed by atoms with van der Waals surface area (Å²) in [5.41, 5.74) is 0. The molecule has 0 aliphatic carbocycles. The van der Waals surface area contributed by atoms with E-state index in [1.165, 1.54) is 19.3 Å². The Morgan fingerprint density at radius 2 is 1.14 bits per heavy atom. The summed E-state index contributed by atoms with van der Waals surface area (Å²) in [7, 11) is 5.17. The molecule has 0 heterocycles. The number of hydrogen-bond acceptors (Lipinski definition) is 5. The van der Waals surface area contributed by atoms with Crippen molar-refractivity contribution >= 4 is 0 Å². The van der Waals surface area contributed by atoms with Gasteiger partial charge < -0.3 is 24.1 Å². The highest BCUT2D eigenvalue weighted by atomic mass is 16.5. The fraction of sp³-hybridized carbons (Fsp3) is 1.00. The van der Waals surface area contributed by atoms with Crippen LogP contribution in [0, 0.1) is 0 Å². The third-order valence-corrected chi connectivity index (χ3v) is 3.09. The summed E-state index contributed by atoms with van der Waals surface area (Å²) in [6, 6.07) is 0. The second-order valence-corrected chi connectivity index (χ2v) is 6.78. The van der Waals surface area contributed by atoms with Crippen LogP contribution in [0.25, 0.3) is 0 Å². The molecule has 29 heavy (non-hydrogen) atoms. The smallest absolute Gasteiger partial charge is 0.0745 e. The van der Waals surface area contributed by atoms with Crippen LogP contribution in [0.1, 0.15) is 100 Å². The standard InChI is InChI=1S/C7H16O2.2C5H12O.C4H10O.C3H8/c1-3-4-5-9-6-7(2)8;1-4-5(2)6-3;1-3-4-5-6-2;1-3-4-5-2;1-3-2/h7-8H,3-6H2,1-2H3;5H,4H2,1-3H3;3-5H2,1-2H3;3-4H2,1-2H3;3H2,1-2H3. The lowest BCUT2D eigenvalue weighted by Crippen LogP contribution is -2.10. The number of methoxy groups -OCH3 is 3. The molecule has 0 spiro atoms. The first kappa shape index (κ1) is 39.3. The Labute approximate surface area is 184 Å². The number of aliphatic hydroxyl groups excluding tert-OH is 1. The zero-order valence-electron chi connectivity index (χ0n) is 22.0. The van der Waals surface area contributed by atoms with Gasteiger partial charge in [0, 0.05) is 41.2 Å². The Hall–Kier alpha value is -0.200. The number of ether oxygens (including phenoxy) is 4. The average molecular weight is 427 g/mol. The molecule has 0 aromatic carbocycles. The van der Waals surface area contributed by atoms with Gasteiger partial charge in [-0.1, -0.05) is 60.8 Å². The molecule has 0 aromatic heterocycles. The molecule has 0 saturated heterocycles. The summed E-state index contributed by atoms with van der Waals surface area (Å²) < 4.78 is 19.5. The van der Waals surface area contributed by atoms with E-state index in [1.54, 1.807) is 28.3 Å². The number of aliphatic hydroxyl groups is 1. The minimum absolute atomic E-state index is 0.318. The zero-order valence-corrected chi connectivity index (χ0v) is 22.0. The maximum Gasteiger partial charge on any atom is 0.0745 e. The summed E-state index contributed by atoms with van der Waals surface area (Å²) >= 11 is 0. The molecule has 0 aromatic rings. The van der Waals surface area contributed by atoms with Crippen LogP contribution in [0.15, 0.2) is 0 Å². The lowest BCUT2D eigenvalue weighted by molar-refractivity contribution is 0.0450. The summed E-state index contributed by atoms with van der Waals surface area (Å²) in [4.78, 5) is 0. The van der Waals surface area contributed by atoms with Crippen molar-refractivity contribution in [2.45, 2.75) is 113 Å². The maximum atomic E-state index is 8.73. The van der Waals surface area contributed by atoms with Crippen molar-refractivity contribution in [1.29, 1.82) is 0 Å². The molecule has 1 N–H and O–H groups in total. The molecule has 0 amide bonds. The molecule has 2 atom stereocenters. The van der Waals surface area contributed by atoms with E-state index >= 15 is 0 Å². The highest BCUT2D eigenvalue weighted by molar-refractivity contribution is 4.41. The van der Waals surface area contributed by atoms with Gasteiger partial charge in [0.2, 0.25) is 0 Å². The highest BCUT2D eigenvalue weighted by Gasteiger charge is 1.92. The van der Waals surface area contributed by atoms with Crippen molar-refractivity contribution < 1.29 is 24.1 Å². The Kier molecular flexibility index (Phi) is 62.5. The summed E-state index contributed by atoms with van der Waals surface area (Å²) in [5, 5.41) is 8.73. The van der Waals surface area contributed by atoms with Gasteiger partial charge in [-0.2, -0.15) is 0 Å². The van der Waals surface area contributed by atoms with Gasteiger partial charge >= 0.3 is 0 Å². The summed E-state index contributed by atoms with van der Waals surface area (Å²) in [6.45, 7) is 19.5. The maximum absolute atomic E-state index is 8.73. The van der Waals surface area contributed by atoms with E-state index in [4.69, 9.17) is 24.1 Å². The van der Waals surface area contributed by atoms with Gasteiger partial charge in [-0.3, -0.25) is 0 Å². The van der Waals surface area contributed by atoms with Gasteiger partial charge in [-0.15, -0.1) is 0 Å². The van der Waals surface area contributed by atoms with E-state index in [9.17, 15) is 0 Å². The van der Waals surface area contributed by atoms with Crippen molar-refractivity contribution in [2.24, 2.45) is 0 Å². The van der Waals surface area contributed by atoms with Crippen molar-refractivity contribution in [3.63, 3.8) is 0 Å². The van der Waals surface area contributed by atoms with Crippen LogP contribution in [0.5, 0.6) is 0 Å². The lowest BCUT2D eigenvalue weighted by Gasteiger charge is -2.03. The molecule has 0 aliphatic rings. The molecule has 5 heteroatoms. The van der Waals surface area contributed by atoms with Crippen LogP contribution < -0.4 is 0 Å². The van der Waals surface area contributed by atoms with Crippen molar-refractivity contribution in [3.8, 4) is 0 Å². The van der Waals surface area contributed by atoms with Crippen LogP contribution in [0.3, 0.4) is 0 Å². The van der Waals surface area contributed by atoms with E-state index in [0.29, 0.717) is 12.7 Å². The molecule has 0 radical (unpaired) electrons. The number of rotatable bonds is 12. The Morgan fingerprint density at radius 1 is 0.690 bits per heavy atom. The first-order valence-electron chi connectivity index (χ1n) is 11.6. The highest BCUT2D eigenvalue weighted by Crippen LogP contribution is 1.90. The molecule has 184 valence electrons. The van der Waals surface area contributed by atoms with Gasteiger partial charge in [0.25, 0.3) is 0 Å². The molecular weight excluding hydrogens is 368 g/mol. The van der Waals surface area contributed by atoms with Crippen LogP contribution in [0.2, 0.25) is 0 Å². The largest absolute Gasteiger partial charge is 0.391 e. The van der Waals surface area contributed by atoms with Crippen LogP contribution in [0.4, 0.5) is 0 Å². The molecule has 0 aliphatic heterocycles.